The molecule has 1 saturated carbocycles. The number of amides is 1. The zero-order valence-corrected chi connectivity index (χ0v) is 13.0. The van der Waals surface area contributed by atoms with Crippen molar-refractivity contribution in [1.29, 1.82) is 5.26 Å². The predicted octanol–water partition coefficient (Wildman–Crippen LogP) is 1.42. The van der Waals surface area contributed by atoms with Gasteiger partial charge in [-0.3, -0.25) is 9.69 Å². The van der Waals surface area contributed by atoms with E-state index in [-0.39, 0.29) is 18.6 Å². The van der Waals surface area contributed by atoms with E-state index in [0.29, 0.717) is 12.5 Å². The van der Waals surface area contributed by atoms with Crippen molar-refractivity contribution >= 4 is 5.91 Å². The number of aliphatic hydroxyl groups excluding tert-OH is 1. The van der Waals surface area contributed by atoms with Gasteiger partial charge in [0.2, 0.25) is 5.91 Å². The van der Waals surface area contributed by atoms with E-state index < -0.39 is 5.54 Å². The molecular weight excluding hydrogens is 266 g/mol. The van der Waals surface area contributed by atoms with Crippen LogP contribution < -0.4 is 5.32 Å². The molecule has 2 aliphatic rings. The minimum atomic E-state index is -0.671. The van der Waals surface area contributed by atoms with E-state index in [1.165, 1.54) is 0 Å². The fourth-order valence-corrected chi connectivity index (χ4v) is 3.36. The molecule has 1 aliphatic heterocycles. The van der Waals surface area contributed by atoms with Crippen LogP contribution in [0, 0.1) is 17.2 Å². The Balaban J connectivity index is 1.87. The van der Waals surface area contributed by atoms with Crippen molar-refractivity contribution in [2.75, 3.05) is 19.6 Å². The summed E-state index contributed by atoms with van der Waals surface area (Å²) in [7, 11) is 0. The van der Waals surface area contributed by atoms with Gasteiger partial charge in [0.1, 0.15) is 5.54 Å². The summed E-state index contributed by atoms with van der Waals surface area (Å²) in [5, 5.41) is 22.3. The zero-order valence-electron chi connectivity index (χ0n) is 13.0. The molecule has 1 amide bonds. The van der Waals surface area contributed by atoms with Crippen LogP contribution in [0.15, 0.2) is 0 Å². The van der Waals surface area contributed by atoms with Gasteiger partial charge >= 0.3 is 0 Å². The molecule has 21 heavy (non-hydrogen) atoms. The van der Waals surface area contributed by atoms with Crippen LogP contribution in [0.2, 0.25) is 0 Å². The summed E-state index contributed by atoms with van der Waals surface area (Å²) >= 11 is 0. The number of likely N-dealkylation sites (tertiary alicyclic amines) is 1. The van der Waals surface area contributed by atoms with Crippen molar-refractivity contribution in [3.8, 4) is 6.07 Å². The van der Waals surface area contributed by atoms with Crippen molar-refractivity contribution in [3.63, 3.8) is 0 Å². The highest BCUT2D eigenvalue weighted by molar-refractivity contribution is 5.79. The Hall–Kier alpha value is -1.12. The Morgan fingerprint density at radius 3 is 2.62 bits per heavy atom. The zero-order chi connectivity index (χ0) is 15.3. The quantitative estimate of drug-likeness (QED) is 0.772. The average molecular weight is 293 g/mol. The van der Waals surface area contributed by atoms with Crippen LogP contribution in [0.1, 0.15) is 51.9 Å². The molecule has 2 N–H and O–H groups in total. The van der Waals surface area contributed by atoms with Gasteiger partial charge in [-0.1, -0.05) is 32.6 Å². The third-order valence-corrected chi connectivity index (χ3v) is 4.92. The summed E-state index contributed by atoms with van der Waals surface area (Å²) in [6.45, 7) is 3.71. The summed E-state index contributed by atoms with van der Waals surface area (Å²) < 4.78 is 0. The lowest BCUT2D eigenvalue weighted by molar-refractivity contribution is -0.124. The van der Waals surface area contributed by atoms with Crippen molar-refractivity contribution in [1.82, 2.24) is 10.2 Å². The molecule has 5 heteroatoms. The molecule has 2 atom stereocenters. The molecule has 2 rings (SSSR count). The molecule has 1 saturated heterocycles. The molecule has 0 bridgehead atoms. The summed E-state index contributed by atoms with van der Waals surface area (Å²) in [5.41, 5.74) is -0.671. The molecule has 118 valence electrons. The number of rotatable bonds is 3. The minimum Gasteiger partial charge on any atom is -0.392 e. The maximum absolute atomic E-state index is 12.3. The third kappa shape index (κ3) is 4.42. The fraction of sp³-hybridized carbons (Fsp3) is 0.875. The van der Waals surface area contributed by atoms with Gasteiger partial charge in [-0.25, -0.2) is 0 Å². The number of carbonyl (C=O) groups excluding carboxylic acids is 1. The number of hydrogen-bond acceptors (Lipinski definition) is 4. The van der Waals surface area contributed by atoms with Crippen LogP contribution in [0.3, 0.4) is 0 Å². The van der Waals surface area contributed by atoms with E-state index in [0.717, 1.165) is 51.5 Å². The fourth-order valence-electron chi connectivity index (χ4n) is 3.36. The van der Waals surface area contributed by atoms with Crippen LogP contribution >= 0.6 is 0 Å². The highest BCUT2D eigenvalue weighted by atomic mass is 16.3. The molecule has 0 aromatic carbocycles. The first-order valence-electron chi connectivity index (χ1n) is 8.17. The van der Waals surface area contributed by atoms with E-state index in [9.17, 15) is 15.2 Å². The van der Waals surface area contributed by atoms with Gasteiger partial charge in [0.15, 0.2) is 0 Å². The van der Waals surface area contributed by atoms with Gasteiger partial charge in [0.05, 0.1) is 18.7 Å². The second-order valence-electron chi connectivity index (χ2n) is 6.72. The van der Waals surface area contributed by atoms with E-state index in [4.69, 9.17) is 0 Å². The number of nitrogens with zero attached hydrogens (tertiary/aromatic N) is 2. The van der Waals surface area contributed by atoms with E-state index in [1.807, 2.05) is 11.8 Å². The molecule has 1 aliphatic carbocycles. The van der Waals surface area contributed by atoms with E-state index in [2.05, 4.69) is 11.4 Å². The molecular formula is C16H27N3O2. The Kier molecular flexibility index (Phi) is 5.60. The van der Waals surface area contributed by atoms with Gasteiger partial charge in [-0.05, 0) is 31.7 Å². The first kappa shape index (κ1) is 16.3. The summed E-state index contributed by atoms with van der Waals surface area (Å²) in [6.07, 6.45) is 6.39. The smallest absolute Gasteiger partial charge is 0.235 e. The van der Waals surface area contributed by atoms with Crippen molar-refractivity contribution in [2.24, 2.45) is 5.92 Å². The molecule has 1 heterocycles. The molecule has 2 unspecified atom stereocenters. The monoisotopic (exact) mass is 293 g/mol. The van der Waals surface area contributed by atoms with Crippen molar-refractivity contribution < 1.29 is 9.90 Å². The number of piperidine rings is 1. The molecule has 0 aromatic heterocycles. The van der Waals surface area contributed by atoms with Crippen molar-refractivity contribution in [2.45, 2.75) is 63.5 Å². The van der Waals surface area contributed by atoms with Crippen LogP contribution in [0.25, 0.3) is 0 Å². The lowest BCUT2D eigenvalue weighted by Crippen LogP contribution is -2.52. The summed E-state index contributed by atoms with van der Waals surface area (Å²) in [4.78, 5) is 14.2. The van der Waals surface area contributed by atoms with Gasteiger partial charge in [-0.15, -0.1) is 0 Å². The van der Waals surface area contributed by atoms with Gasteiger partial charge in [-0.2, -0.15) is 5.26 Å². The van der Waals surface area contributed by atoms with Crippen LogP contribution in [0.5, 0.6) is 0 Å². The van der Waals surface area contributed by atoms with Gasteiger partial charge in [0, 0.05) is 6.54 Å². The maximum Gasteiger partial charge on any atom is 0.235 e. The number of nitrogens with one attached hydrogen (secondary N) is 1. The van der Waals surface area contributed by atoms with Crippen LogP contribution in [0.4, 0.5) is 0 Å². The first-order chi connectivity index (χ1) is 10.0. The molecule has 2 fully saturated rings. The van der Waals surface area contributed by atoms with E-state index in [1.54, 1.807) is 0 Å². The lowest BCUT2D eigenvalue weighted by Gasteiger charge is -2.34. The SMILES string of the molecule is CC1CCN(CC(=O)NC2(C#N)CCCCCC2)CC1O. The Morgan fingerprint density at radius 2 is 2.05 bits per heavy atom. The number of carbonyl (C=O) groups is 1. The van der Waals surface area contributed by atoms with E-state index >= 15 is 0 Å². The third-order valence-electron chi connectivity index (χ3n) is 4.92. The molecule has 5 nitrogen and oxygen atoms in total. The standard InChI is InChI=1S/C16H27N3O2/c1-13-6-9-19(10-14(13)20)11-15(21)18-16(12-17)7-4-2-3-5-8-16/h13-14,20H,2-11H2,1H3,(H,18,21). The van der Waals surface area contributed by atoms with Gasteiger partial charge < -0.3 is 10.4 Å². The second-order valence-corrected chi connectivity index (χ2v) is 6.72. The topological polar surface area (TPSA) is 76.4 Å². The minimum absolute atomic E-state index is 0.0831. The summed E-state index contributed by atoms with van der Waals surface area (Å²) in [5.74, 6) is 0.219. The Labute approximate surface area is 127 Å². The number of β-amino-alcohol motifs (C(OH)–C–C–N with tert-alkyl or cyclic N) is 1. The first-order valence-corrected chi connectivity index (χ1v) is 8.17. The second kappa shape index (κ2) is 7.24. The lowest BCUT2D eigenvalue weighted by atomic mass is 9.91. The maximum atomic E-state index is 12.3. The average Bonchev–Trinajstić information content (AvgIpc) is 2.69. The molecule has 0 spiro atoms. The van der Waals surface area contributed by atoms with Gasteiger partial charge in [0.25, 0.3) is 0 Å². The highest BCUT2D eigenvalue weighted by Gasteiger charge is 2.33. The largest absolute Gasteiger partial charge is 0.392 e. The molecule has 0 aromatic rings. The molecule has 0 radical (unpaired) electrons. The predicted molar refractivity (Wildman–Crippen MR) is 80.4 cm³/mol. The Bertz CT molecular complexity index is 397. The summed E-state index contributed by atoms with van der Waals surface area (Å²) in [6, 6.07) is 2.34. The van der Waals surface area contributed by atoms with Crippen LogP contribution in [-0.4, -0.2) is 47.2 Å². The number of hydrogen-bond donors (Lipinski definition) is 2. The number of nitriles is 1. The van der Waals surface area contributed by atoms with Crippen LogP contribution in [-0.2, 0) is 4.79 Å². The number of aliphatic hydroxyl groups is 1. The Morgan fingerprint density at radius 1 is 1.38 bits per heavy atom. The highest BCUT2D eigenvalue weighted by Crippen LogP contribution is 2.26. The normalized spacial score (nSPS) is 30.1. The van der Waals surface area contributed by atoms with Crippen molar-refractivity contribution in [3.05, 3.63) is 0 Å².